The molecular formula is C30H32N2O4. The fourth-order valence-electron chi connectivity index (χ4n) is 5.44. The number of carboxylic acids is 1. The lowest BCUT2D eigenvalue weighted by atomic mass is 9.77. The molecular weight excluding hydrogens is 452 g/mol. The first-order chi connectivity index (χ1) is 17.5. The van der Waals surface area contributed by atoms with Gasteiger partial charge in [-0.2, -0.15) is 0 Å². The minimum atomic E-state index is -0.689. The third-order valence-electron chi connectivity index (χ3n) is 7.41. The molecule has 1 aliphatic carbocycles. The number of para-hydroxylation sites is 1. The van der Waals surface area contributed by atoms with Crippen molar-refractivity contribution in [2.45, 2.75) is 51.0 Å². The second-order valence-electron chi connectivity index (χ2n) is 9.95. The highest BCUT2D eigenvalue weighted by atomic mass is 16.5. The maximum absolute atomic E-state index is 13.1. The van der Waals surface area contributed by atoms with Crippen molar-refractivity contribution in [2.75, 3.05) is 16.8 Å². The van der Waals surface area contributed by atoms with Crippen LogP contribution in [0.15, 0.2) is 72.8 Å². The van der Waals surface area contributed by atoms with Gasteiger partial charge in [-0.15, -0.1) is 0 Å². The highest BCUT2D eigenvalue weighted by molar-refractivity contribution is 6.03. The SMILES string of the molecule is CC1COc2cc(-c3ccc([C@H]4CC[C@H](CC(=O)O)CC4)cc3)ccc2N1C(=O)Nc1ccccc1. The average molecular weight is 485 g/mol. The van der Waals surface area contributed by atoms with Gasteiger partial charge in [-0.25, -0.2) is 4.79 Å². The molecule has 1 saturated carbocycles. The zero-order valence-electron chi connectivity index (χ0n) is 20.5. The van der Waals surface area contributed by atoms with E-state index < -0.39 is 5.97 Å². The highest BCUT2D eigenvalue weighted by Crippen LogP contribution is 2.40. The van der Waals surface area contributed by atoms with E-state index in [0.29, 0.717) is 24.2 Å². The van der Waals surface area contributed by atoms with Crippen molar-refractivity contribution in [1.29, 1.82) is 0 Å². The molecule has 1 atom stereocenters. The smallest absolute Gasteiger partial charge is 0.326 e. The van der Waals surface area contributed by atoms with Gasteiger partial charge in [0.2, 0.25) is 0 Å². The van der Waals surface area contributed by atoms with E-state index in [9.17, 15) is 9.59 Å². The van der Waals surface area contributed by atoms with Gasteiger partial charge in [0, 0.05) is 12.1 Å². The summed E-state index contributed by atoms with van der Waals surface area (Å²) < 4.78 is 6.02. The Labute approximate surface area is 211 Å². The van der Waals surface area contributed by atoms with Crippen molar-refractivity contribution in [3.63, 3.8) is 0 Å². The van der Waals surface area contributed by atoms with Gasteiger partial charge in [0.05, 0.1) is 11.7 Å². The molecule has 2 N–H and O–H groups in total. The van der Waals surface area contributed by atoms with E-state index >= 15 is 0 Å². The number of aliphatic carboxylic acids is 1. The van der Waals surface area contributed by atoms with E-state index in [-0.39, 0.29) is 18.5 Å². The van der Waals surface area contributed by atoms with Crippen molar-refractivity contribution >= 4 is 23.4 Å². The van der Waals surface area contributed by atoms with Gasteiger partial charge in [-0.05, 0) is 85.4 Å². The molecule has 0 radical (unpaired) electrons. The van der Waals surface area contributed by atoms with Crippen LogP contribution in [0, 0.1) is 5.92 Å². The largest absolute Gasteiger partial charge is 0.489 e. The Morgan fingerprint density at radius 2 is 1.64 bits per heavy atom. The maximum atomic E-state index is 13.1. The van der Waals surface area contributed by atoms with Gasteiger partial charge >= 0.3 is 12.0 Å². The number of amides is 2. The number of benzene rings is 3. The van der Waals surface area contributed by atoms with Gasteiger partial charge < -0.3 is 15.2 Å². The van der Waals surface area contributed by atoms with Crippen molar-refractivity contribution in [3.05, 3.63) is 78.4 Å². The van der Waals surface area contributed by atoms with Crippen molar-refractivity contribution in [3.8, 4) is 16.9 Å². The number of carbonyl (C=O) groups is 2. The summed E-state index contributed by atoms with van der Waals surface area (Å²) in [7, 11) is 0. The number of hydrogen-bond acceptors (Lipinski definition) is 3. The molecule has 1 fully saturated rings. The topological polar surface area (TPSA) is 78.9 Å². The van der Waals surface area contributed by atoms with E-state index in [2.05, 4.69) is 29.6 Å². The van der Waals surface area contributed by atoms with Crippen LogP contribution < -0.4 is 15.0 Å². The van der Waals surface area contributed by atoms with E-state index in [0.717, 1.165) is 48.2 Å². The molecule has 0 bridgehead atoms. The van der Waals surface area contributed by atoms with Gasteiger partial charge in [0.15, 0.2) is 0 Å². The number of nitrogens with one attached hydrogen (secondary N) is 1. The molecule has 6 heteroatoms. The molecule has 0 spiro atoms. The standard InChI is InChI=1S/C30H32N2O4/c1-20-19-36-28-18-25(15-16-27(28)32(20)30(35)31-26-5-3-2-4-6-26)24-13-11-23(12-14-24)22-9-7-21(8-10-22)17-29(33)34/h2-6,11-16,18,20-22H,7-10,17,19H2,1H3,(H,31,35)(H,33,34)/t20?,21-,22-. The van der Waals surface area contributed by atoms with Crippen LogP contribution >= 0.6 is 0 Å². The van der Waals surface area contributed by atoms with Crippen LogP contribution in [0.4, 0.5) is 16.2 Å². The summed E-state index contributed by atoms with van der Waals surface area (Å²) in [4.78, 5) is 25.8. The summed E-state index contributed by atoms with van der Waals surface area (Å²) in [5.41, 5.74) is 4.99. The predicted octanol–water partition coefficient (Wildman–Crippen LogP) is 6.92. The molecule has 0 aromatic heterocycles. The lowest BCUT2D eigenvalue weighted by Gasteiger charge is -2.35. The molecule has 1 heterocycles. The Morgan fingerprint density at radius 3 is 2.33 bits per heavy atom. The predicted molar refractivity (Wildman–Crippen MR) is 142 cm³/mol. The summed E-state index contributed by atoms with van der Waals surface area (Å²) in [6.07, 6.45) is 4.34. The van der Waals surface area contributed by atoms with Gasteiger partial charge in [-0.3, -0.25) is 9.69 Å². The van der Waals surface area contributed by atoms with Crippen LogP contribution in [0.1, 0.15) is 50.5 Å². The minimum Gasteiger partial charge on any atom is -0.489 e. The number of anilines is 2. The molecule has 6 nitrogen and oxygen atoms in total. The van der Waals surface area contributed by atoms with Crippen LogP contribution in [0.2, 0.25) is 0 Å². The Morgan fingerprint density at radius 1 is 0.944 bits per heavy atom. The first kappa shape index (κ1) is 23.9. The van der Waals surface area contributed by atoms with Crippen LogP contribution in [-0.4, -0.2) is 29.8 Å². The molecule has 2 aliphatic rings. The number of carbonyl (C=O) groups excluding carboxylic acids is 1. The monoisotopic (exact) mass is 484 g/mol. The number of fused-ring (bicyclic) bond motifs is 1. The number of urea groups is 1. The second-order valence-corrected chi connectivity index (χ2v) is 9.95. The summed E-state index contributed by atoms with van der Waals surface area (Å²) in [5.74, 6) is 0.820. The Balaban J connectivity index is 1.29. The summed E-state index contributed by atoms with van der Waals surface area (Å²) in [6, 6.07) is 23.9. The highest BCUT2D eigenvalue weighted by Gasteiger charge is 2.30. The van der Waals surface area contributed by atoms with Gasteiger partial charge in [0.1, 0.15) is 12.4 Å². The average Bonchev–Trinajstić information content (AvgIpc) is 2.89. The Bertz CT molecular complexity index is 1220. The quantitative estimate of drug-likeness (QED) is 0.412. The zero-order valence-corrected chi connectivity index (χ0v) is 20.5. The van der Waals surface area contributed by atoms with E-state index in [4.69, 9.17) is 9.84 Å². The molecule has 186 valence electrons. The Kier molecular flexibility index (Phi) is 6.94. The maximum Gasteiger partial charge on any atom is 0.326 e. The molecule has 2 amide bonds. The first-order valence-electron chi connectivity index (χ1n) is 12.7. The van der Waals surface area contributed by atoms with Gasteiger partial charge in [-0.1, -0.05) is 48.5 Å². The van der Waals surface area contributed by atoms with Crippen LogP contribution in [-0.2, 0) is 4.79 Å². The van der Waals surface area contributed by atoms with E-state index in [1.807, 2.05) is 55.5 Å². The molecule has 0 saturated heterocycles. The summed E-state index contributed by atoms with van der Waals surface area (Å²) in [5, 5.41) is 12.0. The first-order valence-corrected chi connectivity index (χ1v) is 12.7. The number of hydrogen-bond donors (Lipinski definition) is 2. The zero-order chi connectivity index (χ0) is 25.1. The lowest BCUT2D eigenvalue weighted by Crippen LogP contribution is -2.47. The van der Waals surface area contributed by atoms with Crippen LogP contribution in [0.25, 0.3) is 11.1 Å². The molecule has 36 heavy (non-hydrogen) atoms. The van der Waals surface area contributed by atoms with E-state index in [1.165, 1.54) is 5.56 Å². The molecule has 5 rings (SSSR count). The number of rotatable bonds is 5. The fourth-order valence-corrected chi connectivity index (χ4v) is 5.44. The van der Waals surface area contributed by atoms with Crippen LogP contribution in [0.5, 0.6) is 5.75 Å². The molecule has 1 aliphatic heterocycles. The molecule has 3 aromatic carbocycles. The van der Waals surface area contributed by atoms with Crippen LogP contribution in [0.3, 0.4) is 0 Å². The third-order valence-corrected chi connectivity index (χ3v) is 7.41. The number of carboxylic acid groups (broad SMARTS) is 1. The number of nitrogens with zero attached hydrogens (tertiary/aromatic N) is 1. The minimum absolute atomic E-state index is 0.0862. The normalized spacial score (nSPS) is 21.2. The number of ether oxygens (including phenoxy) is 1. The van der Waals surface area contributed by atoms with E-state index in [1.54, 1.807) is 4.90 Å². The molecule has 1 unspecified atom stereocenters. The van der Waals surface area contributed by atoms with Gasteiger partial charge in [0.25, 0.3) is 0 Å². The van der Waals surface area contributed by atoms with Crippen molar-refractivity contribution < 1.29 is 19.4 Å². The second kappa shape index (κ2) is 10.4. The Hall–Kier alpha value is -3.80. The summed E-state index contributed by atoms with van der Waals surface area (Å²) >= 11 is 0. The third kappa shape index (κ3) is 5.23. The molecule has 3 aromatic rings. The summed E-state index contributed by atoms with van der Waals surface area (Å²) in [6.45, 7) is 2.41. The fraction of sp³-hybridized carbons (Fsp3) is 0.333. The lowest BCUT2D eigenvalue weighted by molar-refractivity contribution is -0.138. The van der Waals surface area contributed by atoms with Crippen molar-refractivity contribution in [2.24, 2.45) is 5.92 Å². The van der Waals surface area contributed by atoms with Crippen molar-refractivity contribution in [1.82, 2.24) is 0 Å².